The summed E-state index contributed by atoms with van der Waals surface area (Å²) in [5.41, 5.74) is 3.81. The molecule has 2 aromatic carbocycles. The van der Waals surface area contributed by atoms with Crippen LogP contribution in [-0.2, 0) is 9.53 Å². The van der Waals surface area contributed by atoms with E-state index in [0.29, 0.717) is 18.9 Å². The largest absolute Gasteiger partial charge is 0.494 e. The molecule has 1 aromatic heterocycles. The molecule has 0 radical (unpaired) electrons. The lowest BCUT2D eigenvalue weighted by Crippen LogP contribution is -2.18. The van der Waals surface area contributed by atoms with Gasteiger partial charge in [0.1, 0.15) is 17.1 Å². The van der Waals surface area contributed by atoms with Crippen LogP contribution in [0.4, 0.5) is 0 Å². The highest BCUT2D eigenvalue weighted by Gasteiger charge is 2.29. The van der Waals surface area contributed by atoms with Gasteiger partial charge >= 0.3 is 0 Å². The van der Waals surface area contributed by atoms with E-state index in [4.69, 9.17) is 14.5 Å². The van der Waals surface area contributed by atoms with Gasteiger partial charge in [-0.3, -0.25) is 4.79 Å². The number of fused-ring (bicyclic) bond motifs is 1. The van der Waals surface area contributed by atoms with E-state index in [1.807, 2.05) is 30.3 Å². The monoisotopic (exact) mass is 379 g/mol. The van der Waals surface area contributed by atoms with E-state index in [9.17, 15) is 4.79 Å². The number of benzene rings is 2. The number of carbonyl (C=O) groups is 1. The molecule has 6 nitrogen and oxygen atoms in total. The number of nitrogens with zero attached hydrogens (tertiary/aromatic N) is 1. The smallest absolute Gasteiger partial charge is 0.227 e. The Hall–Kier alpha value is -2.86. The van der Waals surface area contributed by atoms with Crippen molar-refractivity contribution in [1.82, 2.24) is 15.3 Å². The number of carbonyl (C=O) groups excluding carboxylic acids is 1. The molecule has 2 unspecified atom stereocenters. The van der Waals surface area contributed by atoms with Crippen LogP contribution in [0.25, 0.3) is 11.0 Å². The molecule has 2 N–H and O–H groups in total. The Bertz CT molecular complexity index is 968. The Morgan fingerprint density at radius 1 is 1.18 bits per heavy atom. The van der Waals surface area contributed by atoms with Gasteiger partial charge in [0, 0.05) is 26.2 Å². The van der Waals surface area contributed by atoms with Crippen molar-refractivity contribution in [3.8, 4) is 5.75 Å². The number of hydrogen-bond donors (Lipinski definition) is 2. The summed E-state index contributed by atoms with van der Waals surface area (Å²) in [6.07, 6.45) is 1.60. The van der Waals surface area contributed by atoms with Crippen LogP contribution < -0.4 is 10.1 Å². The molecule has 28 heavy (non-hydrogen) atoms. The fourth-order valence-electron chi connectivity index (χ4n) is 4.00. The first-order chi connectivity index (χ1) is 13.7. The number of amides is 1. The highest BCUT2D eigenvalue weighted by molar-refractivity contribution is 5.93. The molecule has 1 fully saturated rings. The molecule has 0 bridgehead atoms. The van der Waals surface area contributed by atoms with Crippen molar-refractivity contribution in [3.05, 3.63) is 59.4 Å². The van der Waals surface area contributed by atoms with E-state index >= 15 is 0 Å². The quantitative estimate of drug-likeness (QED) is 0.660. The number of hydrogen-bond acceptors (Lipinski definition) is 4. The van der Waals surface area contributed by atoms with E-state index < -0.39 is 0 Å². The Morgan fingerprint density at radius 2 is 2.00 bits per heavy atom. The lowest BCUT2D eigenvalue weighted by atomic mass is 9.95. The van der Waals surface area contributed by atoms with Crippen LogP contribution in [-0.4, -0.2) is 43.2 Å². The third-order valence-corrected chi connectivity index (χ3v) is 5.45. The first kappa shape index (κ1) is 18.5. The molecule has 2 heterocycles. The van der Waals surface area contributed by atoms with Gasteiger partial charge < -0.3 is 19.8 Å². The molecule has 0 saturated carbocycles. The topological polar surface area (TPSA) is 76.2 Å². The lowest BCUT2D eigenvalue weighted by Gasteiger charge is -2.14. The number of aromatic nitrogens is 2. The standard InChI is InChI=1S/C22H25N3O3/c1-27-13-11-15(14-6-4-3-5-7-14)21-24-19-16(17-10-12-23-22(17)26)8-9-18(28-2)20(19)25-21/h3-9,15,17H,10-13H2,1-2H3,(H,23,26)(H,24,25). The van der Waals surface area contributed by atoms with Crippen LogP contribution in [0.3, 0.4) is 0 Å². The molecule has 1 aliphatic heterocycles. The summed E-state index contributed by atoms with van der Waals surface area (Å²) in [4.78, 5) is 20.7. The van der Waals surface area contributed by atoms with Gasteiger partial charge in [-0.25, -0.2) is 4.98 Å². The van der Waals surface area contributed by atoms with Crippen LogP contribution in [0, 0.1) is 0 Å². The minimum Gasteiger partial charge on any atom is -0.494 e. The van der Waals surface area contributed by atoms with Gasteiger partial charge in [0.05, 0.1) is 18.5 Å². The summed E-state index contributed by atoms with van der Waals surface area (Å²) in [6, 6.07) is 14.2. The molecule has 146 valence electrons. The molecule has 0 aliphatic carbocycles. The first-order valence-electron chi connectivity index (χ1n) is 9.61. The van der Waals surface area contributed by atoms with Crippen molar-refractivity contribution in [1.29, 1.82) is 0 Å². The van der Waals surface area contributed by atoms with Crippen LogP contribution in [0.1, 0.15) is 41.6 Å². The zero-order chi connectivity index (χ0) is 19.5. The zero-order valence-electron chi connectivity index (χ0n) is 16.2. The maximum Gasteiger partial charge on any atom is 0.227 e. The number of ether oxygens (including phenoxy) is 2. The summed E-state index contributed by atoms with van der Waals surface area (Å²) in [5, 5.41) is 2.92. The summed E-state index contributed by atoms with van der Waals surface area (Å²) < 4.78 is 10.9. The third kappa shape index (κ3) is 3.36. The second-order valence-corrected chi connectivity index (χ2v) is 7.08. The van der Waals surface area contributed by atoms with Gasteiger partial charge in [0.15, 0.2) is 0 Å². The lowest BCUT2D eigenvalue weighted by molar-refractivity contribution is -0.120. The highest BCUT2D eigenvalue weighted by Crippen LogP contribution is 2.36. The van der Waals surface area contributed by atoms with Crippen LogP contribution in [0.2, 0.25) is 0 Å². The number of imidazole rings is 1. The van der Waals surface area contributed by atoms with Gasteiger partial charge in [0.2, 0.25) is 5.91 Å². The molecule has 0 spiro atoms. The number of methoxy groups -OCH3 is 2. The molecular weight excluding hydrogens is 354 g/mol. The summed E-state index contributed by atoms with van der Waals surface area (Å²) >= 11 is 0. The van der Waals surface area contributed by atoms with Gasteiger partial charge in [-0.1, -0.05) is 36.4 Å². The van der Waals surface area contributed by atoms with E-state index in [2.05, 4.69) is 22.4 Å². The number of rotatable bonds is 7. The number of aromatic amines is 1. The molecule has 2 atom stereocenters. The Kier molecular flexibility index (Phi) is 5.30. The number of nitrogens with one attached hydrogen (secondary N) is 2. The fraction of sp³-hybridized carbons (Fsp3) is 0.364. The van der Waals surface area contributed by atoms with Gasteiger partial charge in [-0.05, 0) is 30.0 Å². The molecule has 3 aromatic rings. The van der Waals surface area contributed by atoms with Crippen LogP contribution in [0.5, 0.6) is 5.75 Å². The molecule has 1 amide bonds. The SMILES string of the molecule is COCCC(c1ccccc1)c1nc2c(OC)ccc(C3CCNC3=O)c2[nH]1. The average Bonchev–Trinajstić information content (AvgIpc) is 3.35. The van der Waals surface area contributed by atoms with Crippen LogP contribution >= 0.6 is 0 Å². The zero-order valence-corrected chi connectivity index (χ0v) is 16.2. The van der Waals surface area contributed by atoms with Gasteiger partial charge in [0.25, 0.3) is 0 Å². The van der Waals surface area contributed by atoms with Gasteiger partial charge in [-0.15, -0.1) is 0 Å². The Labute approximate surface area is 164 Å². The molecule has 6 heteroatoms. The second kappa shape index (κ2) is 8.02. The van der Waals surface area contributed by atoms with Crippen molar-refractivity contribution in [2.24, 2.45) is 0 Å². The summed E-state index contributed by atoms with van der Waals surface area (Å²) in [6.45, 7) is 1.34. The van der Waals surface area contributed by atoms with Gasteiger partial charge in [-0.2, -0.15) is 0 Å². The van der Waals surface area contributed by atoms with Crippen molar-refractivity contribution in [3.63, 3.8) is 0 Å². The summed E-state index contributed by atoms with van der Waals surface area (Å²) in [5.74, 6) is 1.56. The van der Waals surface area contributed by atoms with E-state index in [1.54, 1.807) is 14.2 Å². The maximum absolute atomic E-state index is 12.3. The predicted molar refractivity (Wildman–Crippen MR) is 108 cm³/mol. The molecular formula is C22H25N3O3. The van der Waals surface area contributed by atoms with Crippen molar-refractivity contribution < 1.29 is 14.3 Å². The van der Waals surface area contributed by atoms with E-state index in [-0.39, 0.29) is 17.7 Å². The fourth-order valence-corrected chi connectivity index (χ4v) is 4.00. The van der Waals surface area contributed by atoms with Crippen molar-refractivity contribution in [2.45, 2.75) is 24.7 Å². The molecule has 1 aliphatic rings. The second-order valence-electron chi connectivity index (χ2n) is 7.08. The van der Waals surface area contributed by atoms with Crippen molar-refractivity contribution >= 4 is 16.9 Å². The normalized spacial score (nSPS) is 17.6. The average molecular weight is 379 g/mol. The van der Waals surface area contributed by atoms with Crippen LogP contribution in [0.15, 0.2) is 42.5 Å². The Balaban J connectivity index is 1.83. The maximum atomic E-state index is 12.3. The van der Waals surface area contributed by atoms with E-state index in [1.165, 1.54) is 5.56 Å². The number of H-pyrrole nitrogens is 1. The predicted octanol–water partition coefficient (Wildman–Crippen LogP) is 3.34. The first-order valence-corrected chi connectivity index (χ1v) is 9.61. The minimum atomic E-state index is -0.157. The van der Waals surface area contributed by atoms with Crippen molar-refractivity contribution in [2.75, 3.05) is 27.4 Å². The Morgan fingerprint density at radius 3 is 2.68 bits per heavy atom. The molecule has 1 saturated heterocycles. The molecule has 4 rings (SSSR count). The summed E-state index contributed by atoms with van der Waals surface area (Å²) in [7, 11) is 3.35. The third-order valence-electron chi connectivity index (χ3n) is 5.45. The highest BCUT2D eigenvalue weighted by atomic mass is 16.5. The van der Waals surface area contributed by atoms with E-state index in [0.717, 1.165) is 35.3 Å². The minimum absolute atomic E-state index is 0.0709.